The van der Waals surface area contributed by atoms with Crippen molar-refractivity contribution in [2.24, 2.45) is 16.5 Å². The van der Waals surface area contributed by atoms with Crippen molar-refractivity contribution in [1.29, 1.82) is 0 Å². The smallest absolute Gasteiger partial charge is 0.278 e. The van der Waals surface area contributed by atoms with E-state index in [0.29, 0.717) is 25.3 Å². The number of hydrogen-bond donors (Lipinski definition) is 4. The minimum absolute atomic E-state index is 0.130. The lowest BCUT2D eigenvalue weighted by Gasteiger charge is -2.26. The predicted octanol–water partition coefficient (Wildman–Crippen LogP) is 1.18. The van der Waals surface area contributed by atoms with Crippen LogP contribution in [0.1, 0.15) is 23.3 Å². The maximum absolute atomic E-state index is 14.1. The summed E-state index contributed by atoms with van der Waals surface area (Å²) in [6.07, 6.45) is 2.01. The summed E-state index contributed by atoms with van der Waals surface area (Å²) in [4.78, 5) is 27.1. The summed E-state index contributed by atoms with van der Waals surface area (Å²) in [5, 5.41) is 2.63. The highest BCUT2D eigenvalue weighted by molar-refractivity contribution is 6.05. The zero-order chi connectivity index (χ0) is 23.3. The summed E-state index contributed by atoms with van der Waals surface area (Å²) in [5.74, 6) is -0.957. The van der Waals surface area contributed by atoms with Crippen molar-refractivity contribution in [3.8, 4) is 11.3 Å². The topological polar surface area (TPSA) is 149 Å². The largest absolute Gasteiger partial charge is 0.403 e. The van der Waals surface area contributed by atoms with E-state index in [-0.39, 0.29) is 34.9 Å². The van der Waals surface area contributed by atoms with Crippen LogP contribution in [0.15, 0.2) is 47.4 Å². The van der Waals surface area contributed by atoms with Gasteiger partial charge in [0, 0.05) is 37.9 Å². The van der Waals surface area contributed by atoms with Gasteiger partial charge in [-0.05, 0) is 25.0 Å². The van der Waals surface area contributed by atoms with Gasteiger partial charge >= 0.3 is 0 Å². The lowest BCUT2D eigenvalue weighted by Crippen LogP contribution is -2.40. The van der Waals surface area contributed by atoms with Gasteiger partial charge in [-0.25, -0.2) is 18.7 Å². The molecule has 1 aromatic carbocycles. The van der Waals surface area contributed by atoms with Crippen LogP contribution in [0.3, 0.4) is 0 Å². The van der Waals surface area contributed by atoms with E-state index in [1.807, 2.05) is 4.90 Å². The molecule has 170 valence electrons. The van der Waals surface area contributed by atoms with Gasteiger partial charge in [-0.2, -0.15) is 0 Å². The number of carbonyl (C=O) groups excluding carboxylic acids is 1. The number of nitrogens with one attached hydrogen (secondary N) is 1. The summed E-state index contributed by atoms with van der Waals surface area (Å²) >= 11 is 0. The summed E-state index contributed by atoms with van der Waals surface area (Å²) in [6, 6.07) is 5.43. The van der Waals surface area contributed by atoms with Crippen LogP contribution < -0.4 is 22.5 Å². The number of benzene rings is 1. The Morgan fingerprint density at radius 3 is 2.72 bits per heavy atom. The average molecular weight is 444 g/mol. The van der Waals surface area contributed by atoms with Crippen LogP contribution in [0, 0.1) is 5.82 Å². The number of aromatic nitrogens is 2. The normalized spacial score (nSPS) is 20.1. The van der Waals surface area contributed by atoms with Crippen molar-refractivity contribution in [3.05, 3.63) is 53.9 Å². The monoisotopic (exact) mass is 444 g/mol. The van der Waals surface area contributed by atoms with E-state index in [1.54, 1.807) is 12.1 Å². The number of aliphatic imine (C=N–C) groups is 1. The Morgan fingerprint density at radius 2 is 2.03 bits per heavy atom. The molecule has 11 heteroatoms. The Labute approximate surface area is 184 Å². The number of nitrogen functional groups attached to an aromatic ring is 1. The molecule has 0 aliphatic carbocycles. The first-order valence-electron chi connectivity index (χ1n) is 10.1. The second-order valence-corrected chi connectivity index (χ2v) is 7.29. The molecule has 0 radical (unpaired) electrons. The number of amidine groups is 1. The molecule has 2 unspecified atom stereocenters. The summed E-state index contributed by atoms with van der Waals surface area (Å²) in [7, 11) is 1.54. The summed E-state index contributed by atoms with van der Waals surface area (Å²) in [5.41, 5.74) is 17.8. The SMILES string of the molecule is CN=C(/C(=C\N)NC(=O)c1nc(-c2ccccc2F)cnc1N)N1CCC(N)C(F)CC1. The molecule has 0 bridgehead atoms. The lowest BCUT2D eigenvalue weighted by molar-refractivity contribution is 0.0963. The number of amides is 1. The number of rotatable bonds is 4. The van der Waals surface area contributed by atoms with Crippen LogP contribution in [0.5, 0.6) is 0 Å². The number of hydrogen-bond acceptors (Lipinski definition) is 7. The minimum Gasteiger partial charge on any atom is -0.403 e. The van der Waals surface area contributed by atoms with E-state index in [2.05, 4.69) is 20.3 Å². The van der Waals surface area contributed by atoms with Gasteiger partial charge in [-0.3, -0.25) is 9.79 Å². The van der Waals surface area contributed by atoms with Crippen molar-refractivity contribution >= 4 is 17.6 Å². The third-order valence-electron chi connectivity index (χ3n) is 5.20. The Morgan fingerprint density at radius 1 is 1.31 bits per heavy atom. The molecule has 1 amide bonds. The van der Waals surface area contributed by atoms with E-state index >= 15 is 0 Å². The van der Waals surface area contributed by atoms with Gasteiger partial charge in [-0.15, -0.1) is 0 Å². The molecule has 0 saturated carbocycles. The zero-order valence-electron chi connectivity index (χ0n) is 17.6. The quantitative estimate of drug-likeness (QED) is 0.409. The van der Waals surface area contributed by atoms with E-state index < -0.39 is 23.9 Å². The maximum atomic E-state index is 14.1. The fraction of sp³-hybridized carbons (Fsp3) is 0.333. The van der Waals surface area contributed by atoms with Crippen LogP contribution in [0.4, 0.5) is 14.6 Å². The number of nitrogens with two attached hydrogens (primary N) is 3. The molecular formula is C21H26F2N8O. The molecule has 7 N–H and O–H groups in total. The number of anilines is 1. The zero-order valence-corrected chi connectivity index (χ0v) is 17.6. The highest BCUT2D eigenvalue weighted by Crippen LogP contribution is 2.22. The maximum Gasteiger partial charge on any atom is 0.278 e. The summed E-state index contributed by atoms with van der Waals surface area (Å²) < 4.78 is 28.1. The molecule has 9 nitrogen and oxygen atoms in total. The Kier molecular flexibility index (Phi) is 7.31. The fourth-order valence-electron chi connectivity index (χ4n) is 3.45. The van der Waals surface area contributed by atoms with Gasteiger partial charge < -0.3 is 27.4 Å². The van der Waals surface area contributed by atoms with Gasteiger partial charge in [-0.1, -0.05) is 12.1 Å². The van der Waals surface area contributed by atoms with Gasteiger partial charge in [0.2, 0.25) is 0 Å². The first kappa shape index (κ1) is 23.1. The third kappa shape index (κ3) is 4.99. The molecule has 32 heavy (non-hydrogen) atoms. The number of carbonyl (C=O) groups is 1. The van der Waals surface area contributed by atoms with Crippen molar-refractivity contribution in [2.45, 2.75) is 25.1 Å². The Hall–Kier alpha value is -3.60. The van der Waals surface area contributed by atoms with E-state index in [0.717, 1.165) is 0 Å². The standard InChI is InChI=1S/C21H26F2N8O/c1-27-20(31-8-6-14(23)15(25)7-9-31)16(10-24)30-21(32)18-19(26)28-11-17(29-18)12-4-2-3-5-13(12)22/h2-5,10-11,14-15H,6-9,24-25H2,1H3,(H2,26,28)(H,30,32)/b16-10+,27-20?. The fourth-order valence-corrected chi connectivity index (χ4v) is 3.45. The van der Waals surface area contributed by atoms with Gasteiger partial charge in [0.05, 0.1) is 17.6 Å². The Balaban J connectivity index is 1.83. The van der Waals surface area contributed by atoms with E-state index in [1.165, 1.54) is 31.6 Å². The highest BCUT2D eigenvalue weighted by atomic mass is 19.1. The van der Waals surface area contributed by atoms with Crippen LogP contribution in [0.25, 0.3) is 11.3 Å². The first-order valence-corrected chi connectivity index (χ1v) is 10.1. The minimum atomic E-state index is -1.12. The molecule has 1 aromatic heterocycles. The molecule has 1 aliphatic heterocycles. The second kappa shape index (κ2) is 10.1. The number of nitrogens with zero attached hydrogens (tertiary/aromatic N) is 4. The number of halogens is 2. The van der Waals surface area contributed by atoms with E-state index in [4.69, 9.17) is 17.2 Å². The van der Waals surface area contributed by atoms with Crippen LogP contribution in [0.2, 0.25) is 0 Å². The molecule has 1 fully saturated rings. The molecule has 2 atom stereocenters. The highest BCUT2D eigenvalue weighted by Gasteiger charge is 2.27. The predicted molar refractivity (Wildman–Crippen MR) is 119 cm³/mol. The molecular weight excluding hydrogens is 418 g/mol. The molecule has 3 rings (SSSR count). The molecule has 2 heterocycles. The van der Waals surface area contributed by atoms with Gasteiger partial charge in [0.25, 0.3) is 5.91 Å². The molecule has 1 saturated heterocycles. The van der Waals surface area contributed by atoms with Crippen molar-refractivity contribution in [3.63, 3.8) is 0 Å². The summed E-state index contributed by atoms with van der Waals surface area (Å²) in [6.45, 7) is 0.811. The average Bonchev–Trinajstić information content (AvgIpc) is 2.95. The number of alkyl halides is 1. The van der Waals surface area contributed by atoms with Crippen LogP contribution in [-0.2, 0) is 0 Å². The molecule has 0 spiro atoms. The number of likely N-dealkylation sites (tertiary alicyclic amines) is 1. The molecule has 1 aliphatic rings. The van der Waals surface area contributed by atoms with Crippen LogP contribution in [-0.4, -0.2) is 59.0 Å². The Bertz CT molecular complexity index is 1030. The first-order chi connectivity index (χ1) is 15.3. The second-order valence-electron chi connectivity index (χ2n) is 7.29. The molecule has 2 aromatic rings. The van der Waals surface area contributed by atoms with Crippen molar-refractivity contribution in [1.82, 2.24) is 20.2 Å². The van der Waals surface area contributed by atoms with Crippen molar-refractivity contribution < 1.29 is 13.6 Å². The van der Waals surface area contributed by atoms with Gasteiger partial charge in [0.15, 0.2) is 11.5 Å². The van der Waals surface area contributed by atoms with Crippen molar-refractivity contribution in [2.75, 3.05) is 25.9 Å². The van der Waals surface area contributed by atoms with E-state index in [9.17, 15) is 13.6 Å². The lowest BCUT2D eigenvalue weighted by atomic mass is 10.1. The van der Waals surface area contributed by atoms with Crippen LogP contribution >= 0.6 is 0 Å². The van der Waals surface area contributed by atoms with Gasteiger partial charge in [0.1, 0.15) is 17.8 Å². The third-order valence-corrected chi connectivity index (χ3v) is 5.20.